The fraction of sp³-hybridized carbons (Fsp3) is 0.500. The van der Waals surface area contributed by atoms with Crippen molar-refractivity contribution < 1.29 is 18.4 Å². The number of hydrogen-bond donors (Lipinski definition) is 1. The lowest BCUT2D eigenvalue weighted by Crippen LogP contribution is -2.47. The van der Waals surface area contributed by atoms with Crippen molar-refractivity contribution in [2.75, 3.05) is 39.8 Å². The maximum Gasteiger partial charge on any atom is 0.312 e. The molecule has 184 valence electrons. The molecule has 0 spiro atoms. The third kappa shape index (κ3) is 4.17. The van der Waals surface area contributed by atoms with Crippen LogP contribution in [0.1, 0.15) is 26.0 Å². The first-order valence-electron chi connectivity index (χ1n) is 11.3. The lowest BCUT2D eigenvalue weighted by molar-refractivity contribution is 0.177. The van der Waals surface area contributed by atoms with Gasteiger partial charge >= 0.3 is 5.56 Å². The fourth-order valence-corrected chi connectivity index (χ4v) is 5.61. The summed E-state index contributed by atoms with van der Waals surface area (Å²) in [5.41, 5.74) is 0.716. The van der Waals surface area contributed by atoms with Crippen molar-refractivity contribution in [2.24, 2.45) is 7.05 Å². The van der Waals surface area contributed by atoms with Crippen molar-refractivity contribution in [3.8, 4) is 17.1 Å². The summed E-state index contributed by atoms with van der Waals surface area (Å²) in [5.74, 6) is 0.219. The molecule has 2 aromatic heterocycles. The van der Waals surface area contributed by atoms with Crippen LogP contribution in [-0.4, -0.2) is 82.2 Å². The largest absolute Gasteiger partial charge is 0.493 e. The first-order valence-corrected chi connectivity index (χ1v) is 12.8. The Hall–Kier alpha value is -2.96. The van der Waals surface area contributed by atoms with Gasteiger partial charge in [0.15, 0.2) is 11.3 Å². The van der Waals surface area contributed by atoms with Crippen molar-refractivity contribution in [1.29, 1.82) is 0 Å². The molecular formula is C22H30N6O5S. The van der Waals surface area contributed by atoms with E-state index in [1.165, 1.54) is 27.2 Å². The Balaban J connectivity index is 1.90. The van der Waals surface area contributed by atoms with Gasteiger partial charge in [-0.15, -0.1) is 4.73 Å². The third-order valence-electron chi connectivity index (χ3n) is 5.98. The van der Waals surface area contributed by atoms with Crippen LogP contribution in [0.5, 0.6) is 5.75 Å². The lowest BCUT2D eigenvalue weighted by atomic mass is 10.1. The quantitative estimate of drug-likeness (QED) is 0.492. The SMILES string of the molecule is CCCc1nn(C)c2c(=O)n(O)c(-c3cc(S(=O)(=O)N4CCN(C)CC4)ccc3OCC)nc12. The summed E-state index contributed by atoms with van der Waals surface area (Å²) in [6.07, 6.45) is 1.41. The van der Waals surface area contributed by atoms with Gasteiger partial charge in [0.25, 0.3) is 0 Å². The molecular weight excluding hydrogens is 460 g/mol. The van der Waals surface area contributed by atoms with Gasteiger partial charge in [0.1, 0.15) is 11.3 Å². The van der Waals surface area contributed by atoms with Crippen LogP contribution in [0, 0.1) is 0 Å². The zero-order valence-electron chi connectivity index (χ0n) is 19.9. The molecule has 0 atom stereocenters. The van der Waals surface area contributed by atoms with E-state index in [1.54, 1.807) is 14.0 Å². The predicted molar refractivity (Wildman–Crippen MR) is 127 cm³/mol. The molecule has 0 unspecified atom stereocenters. The number of hydrogen-bond acceptors (Lipinski definition) is 8. The summed E-state index contributed by atoms with van der Waals surface area (Å²) in [6, 6.07) is 4.43. The van der Waals surface area contributed by atoms with Crippen LogP contribution in [0.4, 0.5) is 0 Å². The second-order valence-corrected chi connectivity index (χ2v) is 10.3. The minimum Gasteiger partial charge on any atom is -0.493 e. The van der Waals surface area contributed by atoms with Gasteiger partial charge in [-0.3, -0.25) is 9.48 Å². The molecule has 0 radical (unpaired) electrons. The van der Waals surface area contributed by atoms with E-state index in [-0.39, 0.29) is 21.8 Å². The normalized spacial score (nSPS) is 15.8. The molecule has 1 aliphatic rings. The van der Waals surface area contributed by atoms with Crippen LogP contribution in [-0.2, 0) is 23.5 Å². The molecule has 0 saturated carbocycles. The second-order valence-electron chi connectivity index (χ2n) is 8.37. The third-order valence-corrected chi connectivity index (χ3v) is 7.88. The number of aryl methyl sites for hydroxylation is 2. The Kier molecular flexibility index (Phi) is 6.65. The van der Waals surface area contributed by atoms with Gasteiger partial charge in [0, 0.05) is 33.2 Å². The van der Waals surface area contributed by atoms with Crippen LogP contribution in [0.3, 0.4) is 0 Å². The molecule has 3 aromatic rings. The topological polar surface area (TPSA) is 123 Å². The van der Waals surface area contributed by atoms with E-state index in [1.807, 2.05) is 14.0 Å². The Morgan fingerprint density at radius 3 is 2.47 bits per heavy atom. The van der Waals surface area contributed by atoms with Crippen LogP contribution in [0.2, 0.25) is 0 Å². The molecule has 0 bridgehead atoms. The van der Waals surface area contributed by atoms with Crippen molar-refractivity contribution in [2.45, 2.75) is 31.6 Å². The Morgan fingerprint density at radius 1 is 1.12 bits per heavy atom. The standard InChI is InChI=1S/C22H30N6O5S/c1-5-7-17-19-20(26(4)24-17)22(29)28(30)21(23-19)16-14-15(8-9-18(16)33-6-2)34(31,32)27-12-10-25(3)11-13-27/h8-9,14,30H,5-7,10-13H2,1-4H3. The average Bonchev–Trinajstić information content (AvgIpc) is 3.12. The van der Waals surface area contributed by atoms with Gasteiger partial charge in [-0.2, -0.15) is 9.40 Å². The monoisotopic (exact) mass is 490 g/mol. The molecule has 1 aromatic carbocycles. The number of sulfonamides is 1. The number of nitrogens with zero attached hydrogens (tertiary/aromatic N) is 6. The smallest absolute Gasteiger partial charge is 0.312 e. The van der Waals surface area contributed by atoms with E-state index in [4.69, 9.17) is 4.74 Å². The lowest BCUT2D eigenvalue weighted by Gasteiger charge is -2.31. The highest BCUT2D eigenvalue weighted by atomic mass is 32.2. The highest BCUT2D eigenvalue weighted by molar-refractivity contribution is 7.89. The highest BCUT2D eigenvalue weighted by Gasteiger charge is 2.29. The molecule has 11 nitrogen and oxygen atoms in total. The number of likely N-dealkylation sites (N-methyl/N-ethyl adjacent to an activating group) is 1. The molecule has 4 rings (SSSR count). The molecule has 12 heteroatoms. The van der Waals surface area contributed by atoms with Gasteiger partial charge in [-0.1, -0.05) is 13.3 Å². The van der Waals surface area contributed by atoms with E-state index in [0.29, 0.717) is 60.9 Å². The molecule has 34 heavy (non-hydrogen) atoms. The molecule has 1 N–H and O–H groups in total. The van der Waals surface area contributed by atoms with E-state index in [2.05, 4.69) is 15.0 Å². The summed E-state index contributed by atoms with van der Waals surface area (Å²) in [4.78, 5) is 19.7. The molecule has 1 saturated heterocycles. The number of ether oxygens (including phenoxy) is 1. The molecule has 3 heterocycles. The zero-order chi connectivity index (χ0) is 24.6. The Morgan fingerprint density at radius 2 is 1.82 bits per heavy atom. The summed E-state index contributed by atoms with van der Waals surface area (Å²) in [7, 11) is -0.213. The molecule has 1 aliphatic heterocycles. The first-order chi connectivity index (χ1) is 16.2. The number of fused-ring (bicyclic) bond motifs is 1. The van der Waals surface area contributed by atoms with Gasteiger partial charge in [-0.05, 0) is 38.6 Å². The highest BCUT2D eigenvalue weighted by Crippen LogP contribution is 2.33. The second kappa shape index (κ2) is 9.35. The van der Waals surface area contributed by atoms with Gasteiger partial charge in [-0.25, -0.2) is 13.4 Å². The molecule has 1 fully saturated rings. The van der Waals surface area contributed by atoms with Gasteiger partial charge < -0.3 is 14.8 Å². The molecule has 0 aliphatic carbocycles. The summed E-state index contributed by atoms with van der Waals surface area (Å²) in [6.45, 7) is 6.13. The number of aromatic nitrogens is 4. The van der Waals surface area contributed by atoms with E-state index in [9.17, 15) is 18.4 Å². The van der Waals surface area contributed by atoms with E-state index >= 15 is 0 Å². The van der Waals surface area contributed by atoms with Crippen LogP contribution < -0.4 is 10.3 Å². The van der Waals surface area contributed by atoms with Crippen molar-refractivity contribution in [3.63, 3.8) is 0 Å². The zero-order valence-corrected chi connectivity index (χ0v) is 20.7. The average molecular weight is 491 g/mol. The maximum absolute atomic E-state index is 13.4. The van der Waals surface area contributed by atoms with Crippen molar-refractivity contribution in [3.05, 3.63) is 34.2 Å². The van der Waals surface area contributed by atoms with Crippen LogP contribution >= 0.6 is 0 Å². The Bertz CT molecular complexity index is 1370. The summed E-state index contributed by atoms with van der Waals surface area (Å²) < 4.78 is 35.7. The van der Waals surface area contributed by atoms with Crippen molar-refractivity contribution in [1.82, 2.24) is 28.7 Å². The maximum atomic E-state index is 13.4. The van der Waals surface area contributed by atoms with Crippen LogP contribution in [0.15, 0.2) is 27.9 Å². The predicted octanol–water partition coefficient (Wildman–Crippen LogP) is 1.32. The fourth-order valence-electron chi connectivity index (χ4n) is 4.16. The van der Waals surface area contributed by atoms with Crippen LogP contribution in [0.25, 0.3) is 22.4 Å². The van der Waals surface area contributed by atoms with Gasteiger partial charge in [0.05, 0.1) is 22.8 Å². The number of piperazine rings is 1. The minimum atomic E-state index is -3.79. The van der Waals surface area contributed by atoms with E-state index in [0.717, 1.165) is 6.42 Å². The minimum absolute atomic E-state index is 0.0461. The summed E-state index contributed by atoms with van der Waals surface area (Å²) >= 11 is 0. The Labute approximate surface area is 198 Å². The summed E-state index contributed by atoms with van der Waals surface area (Å²) in [5, 5.41) is 15.1. The first kappa shape index (κ1) is 24.2. The van der Waals surface area contributed by atoms with E-state index < -0.39 is 15.6 Å². The van der Waals surface area contributed by atoms with Gasteiger partial charge in [0.2, 0.25) is 10.0 Å². The number of rotatable bonds is 7. The molecule has 0 amide bonds. The number of benzene rings is 1. The van der Waals surface area contributed by atoms with Crippen molar-refractivity contribution >= 4 is 21.1 Å².